The summed E-state index contributed by atoms with van der Waals surface area (Å²) < 4.78 is 5.55. The molecule has 0 unspecified atom stereocenters. The number of imide groups is 1. The van der Waals surface area contributed by atoms with Gasteiger partial charge in [0.2, 0.25) is 0 Å². The second kappa shape index (κ2) is 8.66. The number of halogens is 1. The number of carbonyl (C=O) groups is 2. The number of amides is 2. The van der Waals surface area contributed by atoms with Gasteiger partial charge in [0.15, 0.2) is 0 Å². The van der Waals surface area contributed by atoms with Gasteiger partial charge in [-0.05, 0) is 49.7 Å². The number of anilines is 2. The molecule has 0 saturated carbocycles. The summed E-state index contributed by atoms with van der Waals surface area (Å²) in [5, 5.41) is 3.60. The van der Waals surface area contributed by atoms with Crippen LogP contribution in [0.4, 0.5) is 11.4 Å². The molecule has 1 N–H and O–H groups in total. The zero-order valence-corrected chi connectivity index (χ0v) is 17.9. The van der Waals surface area contributed by atoms with E-state index < -0.39 is 11.8 Å². The Labute approximate surface area is 185 Å². The highest BCUT2D eigenvalue weighted by Gasteiger charge is 2.40. The second-order valence-electron chi connectivity index (χ2n) is 7.13. The molecule has 3 aromatic rings. The van der Waals surface area contributed by atoms with Crippen LogP contribution in [-0.2, 0) is 9.59 Å². The minimum Gasteiger partial charge on any atom is -0.494 e. The van der Waals surface area contributed by atoms with Crippen molar-refractivity contribution in [2.45, 2.75) is 13.8 Å². The average Bonchev–Trinajstić information content (AvgIpc) is 2.99. The SMILES string of the molecule is CCOc1cccc(NC2=C(c3ccc(C)cc3)C(=O)N(c3cccc(Cl)c3)C2=O)c1. The minimum absolute atomic E-state index is 0.211. The molecule has 0 aromatic heterocycles. The first-order valence-corrected chi connectivity index (χ1v) is 10.3. The van der Waals surface area contributed by atoms with E-state index in [1.165, 1.54) is 0 Å². The molecule has 1 aliphatic rings. The molecule has 3 aromatic carbocycles. The van der Waals surface area contributed by atoms with Crippen LogP contribution in [0.15, 0.2) is 78.5 Å². The number of nitrogens with zero attached hydrogens (tertiary/aromatic N) is 1. The van der Waals surface area contributed by atoms with Crippen LogP contribution in [0.2, 0.25) is 5.02 Å². The van der Waals surface area contributed by atoms with E-state index in [0.717, 1.165) is 10.5 Å². The van der Waals surface area contributed by atoms with Crippen molar-refractivity contribution in [1.82, 2.24) is 0 Å². The molecule has 0 aliphatic carbocycles. The van der Waals surface area contributed by atoms with Gasteiger partial charge in [-0.2, -0.15) is 0 Å². The van der Waals surface area contributed by atoms with E-state index in [-0.39, 0.29) is 5.70 Å². The van der Waals surface area contributed by atoms with Gasteiger partial charge in [-0.3, -0.25) is 9.59 Å². The van der Waals surface area contributed by atoms with Crippen LogP contribution in [-0.4, -0.2) is 18.4 Å². The van der Waals surface area contributed by atoms with E-state index >= 15 is 0 Å². The summed E-state index contributed by atoms with van der Waals surface area (Å²) >= 11 is 6.11. The maximum atomic E-state index is 13.4. The summed E-state index contributed by atoms with van der Waals surface area (Å²) in [5.74, 6) is -0.169. The fourth-order valence-electron chi connectivity index (χ4n) is 3.46. The zero-order valence-electron chi connectivity index (χ0n) is 17.2. The van der Waals surface area contributed by atoms with Crippen molar-refractivity contribution in [3.63, 3.8) is 0 Å². The summed E-state index contributed by atoms with van der Waals surface area (Å²) in [4.78, 5) is 28.0. The quantitative estimate of drug-likeness (QED) is 0.526. The fraction of sp³-hybridized carbons (Fsp3) is 0.120. The highest BCUT2D eigenvalue weighted by Crippen LogP contribution is 2.35. The lowest BCUT2D eigenvalue weighted by atomic mass is 10.0. The lowest BCUT2D eigenvalue weighted by Crippen LogP contribution is -2.32. The molecule has 5 nitrogen and oxygen atoms in total. The van der Waals surface area contributed by atoms with Gasteiger partial charge >= 0.3 is 0 Å². The number of aryl methyl sites for hydroxylation is 1. The van der Waals surface area contributed by atoms with Crippen LogP contribution in [0.25, 0.3) is 5.57 Å². The van der Waals surface area contributed by atoms with E-state index in [1.807, 2.05) is 56.3 Å². The minimum atomic E-state index is -0.440. The highest BCUT2D eigenvalue weighted by molar-refractivity contribution is 6.46. The predicted molar refractivity (Wildman–Crippen MR) is 123 cm³/mol. The third-order valence-corrected chi connectivity index (χ3v) is 5.14. The summed E-state index contributed by atoms with van der Waals surface area (Å²) in [6.45, 7) is 4.40. The van der Waals surface area contributed by atoms with Crippen molar-refractivity contribution >= 4 is 40.4 Å². The highest BCUT2D eigenvalue weighted by atomic mass is 35.5. The van der Waals surface area contributed by atoms with Gasteiger partial charge < -0.3 is 10.1 Å². The Kier molecular flexibility index (Phi) is 5.78. The molecular weight excluding hydrogens is 412 g/mol. The molecule has 1 heterocycles. The van der Waals surface area contributed by atoms with Crippen molar-refractivity contribution in [3.8, 4) is 5.75 Å². The van der Waals surface area contributed by atoms with Crippen molar-refractivity contribution in [2.24, 2.45) is 0 Å². The van der Waals surface area contributed by atoms with Gasteiger partial charge in [-0.1, -0.05) is 53.6 Å². The summed E-state index contributed by atoms with van der Waals surface area (Å²) in [7, 11) is 0. The first kappa shape index (κ1) is 20.7. The number of hydrogen-bond donors (Lipinski definition) is 1. The van der Waals surface area contributed by atoms with Crippen molar-refractivity contribution in [1.29, 1.82) is 0 Å². The lowest BCUT2D eigenvalue weighted by Gasteiger charge is -2.15. The Morgan fingerprint density at radius 3 is 2.39 bits per heavy atom. The Bertz CT molecular complexity index is 1190. The Hall–Kier alpha value is -3.57. The number of hydrogen-bond acceptors (Lipinski definition) is 4. The molecule has 156 valence electrons. The van der Waals surface area contributed by atoms with Crippen molar-refractivity contribution in [3.05, 3.63) is 94.6 Å². The van der Waals surface area contributed by atoms with E-state index in [9.17, 15) is 9.59 Å². The van der Waals surface area contributed by atoms with E-state index in [4.69, 9.17) is 16.3 Å². The number of ether oxygens (including phenoxy) is 1. The van der Waals surface area contributed by atoms with Crippen LogP contribution >= 0.6 is 11.6 Å². The van der Waals surface area contributed by atoms with Gasteiger partial charge in [0.25, 0.3) is 11.8 Å². The molecular formula is C25H21ClN2O3. The smallest absolute Gasteiger partial charge is 0.282 e. The molecule has 0 saturated heterocycles. The first-order chi connectivity index (χ1) is 15.0. The Morgan fingerprint density at radius 2 is 1.68 bits per heavy atom. The number of carbonyl (C=O) groups excluding carboxylic acids is 2. The summed E-state index contributed by atoms with van der Waals surface area (Å²) in [6.07, 6.45) is 0. The standard InChI is InChI=1S/C25H21ClN2O3/c1-3-31-21-9-5-7-19(15-21)27-23-22(17-12-10-16(2)11-13-17)24(29)28(25(23)30)20-8-4-6-18(26)14-20/h4-15,27H,3H2,1-2H3. The molecule has 0 radical (unpaired) electrons. The Morgan fingerprint density at radius 1 is 0.935 bits per heavy atom. The van der Waals surface area contributed by atoms with Gasteiger partial charge in [0.1, 0.15) is 11.4 Å². The largest absolute Gasteiger partial charge is 0.494 e. The van der Waals surface area contributed by atoms with Gasteiger partial charge in [-0.25, -0.2) is 4.90 Å². The molecule has 4 rings (SSSR count). The van der Waals surface area contributed by atoms with E-state index in [0.29, 0.717) is 39.9 Å². The van der Waals surface area contributed by atoms with Gasteiger partial charge in [0.05, 0.1) is 17.9 Å². The normalized spacial score (nSPS) is 13.7. The molecule has 0 fully saturated rings. The molecule has 6 heteroatoms. The average molecular weight is 433 g/mol. The predicted octanol–water partition coefficient (Wildman–Crippen LogP) is 5.44. The summed E-state index contributed by atoms with van der Waals surface area (Å²) in [5.41, 5.74) is 3.32. The second-order valence-corrected chi connectivity index (χ2v) is 7.56. The van der Waals surface area contributed by atoms with Crippen LogP contribution < -0.4 is 15.0 Å². The monoisotopic (exact) mass is 432 g/mol. The van der Waals surface area contributed by atoms with Crippen molar-refractivity contribution in [2.75, 3.05) is 16.8 Å². The van der Waals surface area contributed by atoms with E-state index in [2.05, 4.69) is 5.32 Å². The molecule has 1 aliphatic heterocycles. The van der Waals surface area contributed by atoms with Crippen molar-refractivity contribution < 1.29 is 14.3 Å². The van der Waals surface area contributed by atoms with Crippen LogP contribution in [0.5, 0.6) is 5.75 Å². The summed E-state index contributed by atoms with van der Waals surface area (Å²) in [6, 6.07) is 21.5. The third-order valence-electron chi connectivity index (χ3n) is 4.90. The Balaban J connectivity index is 1.80. The maximum absolute atomic E-state index is 13.4. The lowest BCUT2D eigenvalue weighted by molar-refractivity contribution is -0.120. The number of nitrogens with one attached hydrogen (secondary N) is 1. The van der Waals surface area contributed by atoms with Crippen LogP contribution in [0, 0.1) is 6.92 Å². The molecule has 0 bridgehead atoms. The van der Waals surface area contributed by atoms with Gasteiger partial charge in [0, 0.05) is 16.8 Å². The van der Waals surface area contributed by atoms with E-state index in [1.54, 1.807) is 30.3 Å². The zero-order chi connectivity index (χ0) is 22.0. The molecule has 0 spiro atoms. The topological polar surface area (TPSA) is 58.6 Å². The van der Waals surface area contributed by atoms with Crippen LogP contribution in [0.1, 0.15) is 18.1 Å². The third kappa shape index (κ3) is 4.18. The number of benzene rings is 3. The molecule has 2 amide bonds. The molecule has 31 heavy (non-hydrogen) atoms. The maximum Gasteiger partial charge on any atom is 0.282 e. The molecule has 0 atom stereocenters. The number of rotatable bonds is 6. The van der Waals surface area contributed by atoms with Gasteiger partial charge in [-0.15, -0.1) is 0 Å². The van der Waals surface area contributed by atoms with Crippen LogP contribution in [0.3, 0.4) is 0 Å². The fourth-order valence-corrected chi connectivity index (χ4v) is 3.64. The first-order valence-electron chi connectivity index (χ1n) is 9.93.